The van der Waals surface area contributed by atoms with Crippen molar-refractivity contribution in [2.75, 3.05) is 6.54 Å². The van der Waals surface area contributed by atoms with Crippen LogP contribution in [-0.2, 0) is 20.2 Å². The Hall–Kier alpha value is -0.360. The van der Waals surface area contributed by atoms with Gasteiger partial charge in [-0.15, -0.1) is 6.58 Å². The Morgan fingerprint density at radius 3 is 2.36 bits per heavy atom. The normalized spacial score (nSPS) is 9.36. The van der Waals surface area contributed by atoms with Crippen LogP contribution in [0.1, 0.15) is 0 Å². The zero-order valence-electron chi connectivity index (χ0n) is 7.10. The first-order valence-electron chi connectivity index (χ1n) is 3.11. The summed E-state index contributed by atoms with van der Waals surface area (Å²) in [5, 5.41) is 0.358. The average molecular weight is 260 g/mol. The summed E-state index contributed by atoms with van der Waals surface area (Å²) in [4.78, 5) is 0. The van der Waals surface area contributed by atoms with E-state index in [2.05, 4.69) is 46.3 Å². The van der Waals surface area contributed by atoms with Crippen LogP contribution in [0.3, 0.4) is 0 Å². The molecule has 0 heterocycles. The van der Waals surface area contributed by atoms with Crippen LogP contribution in [0.2, 0.25) is 0 Å². The predicted octanol–water partition coefficient (Wildman–Crippen LogP) is -1.31. The molecule has 0 radical (unpaired) electrons. The van der Waals surface area contributed by atoms with Crippen molar-refractivity contribution in [2.45, 2.75) is 0 Å². The first kappa shape index (κ1) is 16.1. The summed E-state index contributed by atoms with van der Waals surface area (Å²) in [6, 6.07) is 0. The molecular formula is C4H12N4O3S3. The van der Waals surface area contributed by atoms with Crippen LogP contribution < -0.4 is 22.1 Å². The van der Waals surface area contributed by atoms with Crippen molar-refractivity contribution in [3.05, 3.63) is 12.7 Å². The van der Waals surface area contributed by atoms with Gasteiger partial charge in [-0.1, -0.05) is 6.08 Å². The van der Waals surface area contributed by atoms with Crippen LogP contribution in [0.4, 0.5) is 0 Å². The number of nitrogens with one attached hydrogen (secondary N) is 3. The van der Waals surface area contributed by atoms with Gasteiger partial charge in [0.05, 0.1) is 0 Å². The number of hydrogen-bond donors (Lipinski definition) is 6. The van der Waals surface area contributed by atoms with E-state index in [1.165, 1.54) is 0 Å². The lowest BCUT2D eigenvalue weighted by Gasteiger charge is -2.04. The van der Waals surface area contributed by atoms with E-state index in [1.54, 1.807) is 6.08 Å². The van der Waals surface area contributed by atoms with Crippen LogP contribution in [0.5, 0.6) is 0 Å². The minimum atomic E-state index is -3.83. The number of hydrazine groups is 2. The van der Waals surface area contributed by atoms with Crippen molar-refractivity contribution in [3.63, 3.8) is 0 Å². The summed E-state index contributed by atoms with van der Waals surface area (Å²) < 4.78 is 24.0. The van der Waals surface area contributed by atoms with Gasteiger partial charge in [0, 0.05) is 17.7 Å². The number of nitrogens with two attached hydrogens (primary N) is 1. The molecule has 0 aliphatic heterocycles. The largest absolute Gasteiger partial charge is 0.300 e. The average Bonchev–Trinajstić information content (AvgIpc) is 2.01. The Kier molecular flexibility index (Phi) is 10.6. The quantitative estimate of drug-likeness (QED) is 0.121. The molecule has 0 saturated carbocycles. The molecule has 0 aliphatic rings. The monoisotopic (exact) mass is 260 g/mol. The highest BCUT2D eigenvalue weighted by molar-refractivity contribution is 8.26. The van der Waals surface area contributed by atoms with Gasteiger partial charge in [-0.3, -0.25) is 20.0 Å². The fraction of sp³-hybridized carbons (Fsp3) is 0.250. The predicted molar refractivity (Wildman–Crippen MR) is 62.0 cm³/mol. The van der Waals surface area contributed by atoms with Gasteiger partial charge in [0.1, 0.15) is 0 Å². The molecule has 0 atom stereocenters. The first-order valence-corrected chi connectivity index (χ1v) is 5.92. The summed E-state index contributed by atoms with van der Waals surface area (Å²) in [6.45, 7) is 4.13. The lowest BCUT2D eigenvalue weighted by Crippen LogP contribution is -2.46. The molecule has 7 nitrogen and oxygen atoms in total. The highest BCUT2D eigenvalue weighted by Gasteiger charge is 1.84. The second kappa shape index (κ2) is 9.21. The molecule has 84 valence electrons. The van der Waals surface area contributed by atoms with Gasteiger partial charge in [0.15, 0.2) is 5.11 Å². The molecule has 0 aliphatic carbocycles. The van der Waals surface area contributed by atoms with Gasteiger partial charge < -0.3 is 0 Å². The molecule has 0 aromatic rings. The molecule has 0 saturated heterocycles. The van der Waals surface area contributed by atoms with E-state index in [1.807, 2.05) is 0 Å². The Balaban J connectivity index is 0. The minimum absolute atomic E-state index is 0.358. The van der Waals surface area contributed by atoms with Gasteiger partial charge >= 0.3 is 0 Å². The lowest BCUT2D eigenvalue weighted by atomic mass is 10.7. The lowest BCUT2D eigenvalue weighted by molar-refractivity contribution is 0.450. The van der Waals surface area contributed by atoms with Crippen LogP contribution >= 0.6 is 12.2 Å². The highest BCUT2D eigenvalue weighted by atomic mass is 32.9. The SMILES string of the molecule is C=CCNNC(=S)NN.O=S(O)(O)=S. The maximum atomic E-state index is 9.11. The Bertz CT molecular complexity index is 257. The third-order valence-electron chi connectivity index (χ3n) is 0.579. The molecule has 0 aromatic carbocycles. The van der Waals surface area contributed by atoms with E-state index in [0.717, 1.165) is 0 Å². The smallest absolute Gasteiger partial charge is 0.263 e. The van der Waals surface area contributed by atoms with Gasteiger partial charge in [-0.2, -0.15) is 4.21 Å². The third kappa shape index (κ3) is 29.9. The number of hydrogen-bond acceptors (Lipinski definition) is 5. The van der Waals surface area contributed by atoms with Crippen LogP contribution in [0, 0.1) is 0 Å². The molecule has 7 N–H and O–H groups in total. The second-order valence-electron chi connectivity index (χ2n) is 1.72. The van der Waals surface area contributed by atoms with Crippen LogP contribution in [0.25, 0.3) is 0 Å². The van der Waals surface area contributed by atoms with Crippen molar-refractivity contribution < 1.29 is 13.3 Å². The van der Waals surface area contributed by atoms with Gasteiger partial charge in [-0.25, -0.2) is 11.3 Å². The maximum Gasteiger partial charge on any atom is 0.263 e. The van der Waals surface area contributed by atoms with E-state index in [-0.39, 0.29) is 0 Å². The molecule has 0 unspecified atom stereocenters. The van der Waals surface area contributed by atoms with E-state index in [9.17, 15) is 0 Å². The van der Waals surface area contributed by atoms with Crippen molar-refractivity contribution in [2.24, 2.45) is 5.84 Å². The van der Waals surface area contributed by atoms with Crippen molar-refractivity contribution in [1.82, 2.24) is 16.3 Å². The van der Waals surface area contributed by atoms with E-state index >= 15 is 0 Å². The maximum absolute atomic E-state index is 9.11. The first-order chi connectivity index (χ1) is 6.31. The fourth-order valence-corrected chi connectivity index (χ4v) is 0.312. The Morgan fingerprint density at radius 2 is 2.07 bits per heavy atom. The minimum Gasteiger partial charge on any atom is -0.300 e. The topological polar surface area (TPSA) is 120 Å². The third-order valence-corrected chi connectivity index (χ3v) is 0.799. The van der Waals surface area contributed by atoms with Crippen LogP contribution in [0.15, 0.2) is 12.7 Å². The molecule has 0 bridgehead atoms. The van der Waals surface area contributed by atoms with Crippen molar-refractivity contribution in [1.29, 1.82) is 0 Å². The molecule has 0 amide bonds. The summed E-state index contributed by atoms with van der Waals surface area (Å²) in [5.74, 6) is 4.93. The second-order valence-corrected chi connectivity index (χ2v) is 4.32. The zero-order valence-corrected chi connectivity index (χ0v) is 9.55. The molecule has 14 heavy (non-hydrogen) atoms. The van der Waals surface area contributed by atoms with Gasteiger partial charge in [0.2, 0.25) is 0 Å². The highest BCUT2D eigenvalue weighted by Crippen LogP contribution is 1.62. The molecule has 0 spiro atoms. The van der Waals surface area contributed by atoms with E-state index < -0.39 is 9.05 Å². The van der Waals surface area contributed by atoms with Gasteiger partial charge in [-0.05, 0) is 12.2 Å². The van der Waals surface area contributed by atoms with E-state index in [0.29, 0.717) is 11.7 Å². The summed E-state index contributed by atoms with van der Waals surface area (Å²) in [6.07, 6.45) is 1.70. The molecule has 10 heteroatoms. The summed E-state index contributed by atoms with van der Waals surface area (Å²) in [7, 11) is -3.83. The summed E-state index contributed by atoms with van der Waals surface area (Å²) >= 11 is 8.09. The van der Waals surface area contributed by atoms with Crippen molar-refractivity contribution >= 4 is 37.6 Å². The van der Waals surface area contributed by atoms with Crippen LogP contribution in [-0.4, -0.2) is 25.0 Å². The molecule has 0 rings (SSSR count). The number of thiocarbonyl (C=S) groups is 1. The van der Waals surface area contributed by atoms with Crippen molar-refractivity contribution in [3.8, 4) is 0 Å². The zero-order chi connectivity index (χ0) is 11.6. The molecule has 0 fully saturated rings. The fourth-order valence-electron chi connectivity index (χ4n) is 0.240. The molecule has 0 aromatic heterocycles. The summed E-state index contributed by atoms with van der Waals surface area (Å²) in [5.41, 5.74) is 7.59. The standard InChI is InChI=1S/C4H10N4S.H2O3S2/c1-2-3-6-8-4(9)7-5;1-5(2,3)4/h2,6H,1,3,5H2,(H2,7,8,9);(H2,1,2,3,4). The Morgan fingerprint density at radius 1 is 1.64 bits per heavy atom. The molecular weight excluding hydrogens is 248 g/mol. The van der Waals surface area contributed by atoms with Gasteiger partial charge in [0.25, 0.3) is 9.05 Å². The number of rotatable bonds is 3. The van der Waals surface area contributed by atoms with E-state index in [4.69, 9.17) is 19.2 Å². The Labute approximate surface area is 92.4 Å².